The van der Waals surface area contributed by atoms with Crippen molar-refractivity contribution >= 4 is 16.6 Å². The Hall–Kier alpha value is -1.67. The molecule has 1 atom stereocenters. The normalized spacial score (nSPS) is 19.6. The Morgan fingerprint density at radius 3 is 2.71 bits per heavy atom. The van der Waals surface area contributed by atoms with Gasteiger partial charge in [0.2, 0.25) is 0 Å². The summed E-state index contributed by atoms with van der Waals surface area (Å²) in [5.41, 5.74) is 0.845. The van der Waals surface area contributed by atoms with Gasteiger partial charge >= 0.3 is 0 Å². The highest BCUT2D eigenvalue weighted by Gasteiger charge is 2.23. The molecule has 1 unspecified atom stereocenters. The molecule has 2 nitrogen and oxygen atoms in total. The summed E-state index contributed by atoms with van der Waals surface area (Å²) in [4.78, 5) is 12.3. The lowest BCUT2D eigenvalue weighted by Gasteiger charge is -2.08. The average Bonchev–Trinajstić information content (AvgIpc) is 2.91. The Balaban J connectivity index is 1.97. The fraction of sp³-hybridized carbons (Fsp3) is 0.267. The Labute approximate surface area is 101 Å². The monoisotopic (exact) mass is 225 g/mol. The molecule has 1 N–H and O–H groups in total. The van der Waals surface area contributed by atoms with Crippen LogP contribution >= 0.6 is 0 Å². The lowest BCUT2D eigenvalue weighted by Crippen LogP contribution is -2.17. The number of hydrogen-bond acceptors (Lipinski definition) is 2. The first kappa shape index (κ1) is 10.5. The number of benzene rings is 2. The second-order valence-corrected chi connectivity index (χ2v) is 4.62. The van der Waals surface area contributed by atoms with Gasteiger partial charge in [0.15, 0.2) is 5.78 Å². The van der Waals surface area contributed by atoms with Crippen LogP contribution in [0.3, 0.4) is 0 Å². The smallest absolute Gasteiger partial charge is 0.167 e. The molecule has 0 radical (unpaired) electrons. The van der Waals surface area contributed by atoms with E-state index in [1.807, 2.05) is 30.3 Å². The van der Waals surface area contributed by atoms with Crippen molar-refractivity contribution in [1.82, 2.24) is 5.32 Å². The van der Waals surface area contributed by atoms with Gasteiger partial charge in [0, 0.05) is 18.0 Å². The van der Waals surface area contributed by atoms with Crippen LogP contribution in [0.4, 0.5) is 0 Å². The molecule has 86 valence electrons. The number of Topliss-reactive ketones (excluding diaryl/α,β-unsaturated/α-hetero) is 1. The van der Waals surface area contributed by atoms with Gasteiger partial charge in [-0.1, -0.05) is 36.4 Å². The van der Waals surface area contributed by atoms with Gasteiger partial charge in [0.05, 0.1) is 0 Å². The molecule has 1 aliphatic rings. The van der Waals surface area contributed by atoms with Gasteiger partial charge in [0.25, 0.3) is 0 Å². The third-order valence-corrected chi connectivity index (χ3v) is 3.47. The largest absolute Gasteiger partial charge is 0.316 e. The van der Waals surface area contributed by atoms with E-state index in [4.69, 9.17) is 0 Å². The molecule has 0 aromatic heterocycles. The lowest BCUT2D eigenvalue weighted by molar-refractivity contribution is 0.0930. The minimum absolute atomic E-state index is 0.163. The third kappa shape index (κ3) is 1.96. The first-order valence-corrected chi connectivity index (χ1v) is 6.08. The number of hydrogen-bond donors (Lipinski definition) is 1. The summed E-state index contributed by atoms with van der Waals surface area (Å²) >= 11 is 0. The molecule has 0 amide bonds. The van der Waals surface area contributed by atoms with E-state index in [0.717, 1.165) is 30.5 Å². The number of nitrogens with one attached hydrogen (secondary N) is 1. The van der Waals surface area contributed by atoms with E-state index in [9.17, 15) is 4.79 Å². The van der Waals surface area contributed by atoms with Crippen LogP contribution in [0.25, 0.3) is 10.8 Å². The van der Waals surface area contributed by atoms with E-state index in [-0.39, 0.29) is 11.7 Å². The molecule has 2 heteroatoms. The van der Waals surface area contributed by atoms with Gasteiger partial charge in [-0.3, -0.25) is 4.79 Å². The highest BCUT2D eigenvalue weighted by atomic mass is 16.1. The fourth-order valence-corrected chi connectivity index (χ4v) is 2.46. The summed E-state index contributed by atoms with van der Waals surface area (Å²) in [5.74, 6) is 0.442. The van der Waals surface area contributed by atoms with Crippen molar-refractivity contribution in [3.63, 3.8) is 0 Å². The standard InChI is InChI=1S/C15H15NO/c17-15(14-7-8-16-10-14)13-6-5-11-3-1-2-4-12(11)9-13/h1-6,9,14,16H,7-8,10H2. The molecule has 1 saturated heterocycles. The molecule has 2 aromatic rings. The Bertz CT molecular complexity index is 556. The van der Waals surface area contributed by atoms with Crippen molar-refractivity contribution in [2.45, 2.75) is 6.42 Å². The average molecular weight is 225 g/mol. The van der Waals surface area contributed by atoms with Crippen molar-refractivity contribution in [2.24, 2.45) is 5.92 Å². The molecule has 3 rings (SSSR count). The summed E-state index contributed by atoms with van der Waals surface area (Å²) in [6.07, 6.45) is 0.964. The molecule has 0 spiro atoms. The highest BCUT2D eigenvalue weighted by molar-refractivity contribution is 6.01. The van der Waals surface area contributed by atoms with Gasteiger partial charge < -0.3 is 5.32 Å². The van der Waals surface area contributed by atoms with Crippen LogP contribution in [-0.4, -0.2) is 18.9 Å². The maximum Gasteiger partial charge on any atom is 0.167 e. The van der Waals surface area contributed by atoms with E-state index in [1.54, 1.807) is 0 Å². The molecule has 1 aliphatic heterocycles. The zero-order chi connectivity index (χ0) is 11.7. The number of rotatable bonds is 2. The van der Waals surface area contributed by atoms with Gasteiger partial charge in [0.1, 0.15) is 0 Å². The maximum absolute atomic E-state index is 12.3. The Kier molecular flexibility index (Phi) is 2.65. The Morgan fingerprint density at radius 1 is 1.12 bits per heavy atom. The second-order valence-electron chi connectivity index (χ2n) is 4.62. The van der Waals surface area contributed by atoms with Crippen molar-refractivity contribution < 1.29 is 4.79 Å². The van der Waals surface area contributed by atoms with Crippen molar-refractivity contribution in [2.75, 3.05) is 13.1 Å². The van der Waals surface area contributed by atoms with E-state index >= 15 is 0 Å². The third-order valence-electron chi connectivity index (χ3n) is 3.47. The molecule has 17 heavy (non-hydrogen) atoms. The SMILES string of the molecule is O=C(c1ccc2ccccc2c1)C1CCNC1. The molecule has 1 fully saturated rings. The van der Waals surface area contributed by atoms with Crippen LogP contribution in [0.5, 0.6) is 0 Å². The van der Waals surface area contributed by atoms with Gasteiger partial charge in [-0.25, -0.2) is 0 Å². The number of carbonyl (C=O) groups excluding carboxylic acids is 1. The number of ketones is 1. The van der Waals surface area contributed by atoms with E-state index < -0.39 is 0 Å². The van der Waals surface area contributed by atoms with Gasteiger partial charge in [-0.2, -0.15) is 0 Å². The zero-order valence-corrected chi connectivity index (χ0v) is 9.65. The first-order valence-electron chi connectivity index (χ1n) is 6.08. The van der Waals surface area contributed by atoms with Crippen LogP contribution in [0.1, 0.15) is 16.8 Å². The first-order chi connectivity index (χ1) is 8.34. The minimum Gasteiger partial charge on any atom is -0.316 e. The molecular formula is C15H15NO. The summed E-state index contributed by atoms with van der Waals surface area (Å²) in [7, 11) is 0. The zero-order valence-electron chi connectivity index (χ0n) is 9.65. The van der Waals surface area contributed by atoms with Gasteiger partial charge in [-0.05, 0) is 29.8 Å². The maximum atomic E-state index is 12.3. The summed E-state index contributed by atoms with van der Waals surface area (Å²) in [5, 5.41) is 5.57. The van der Waals surface area contributed by atoms with Crippen LogP contribution in [0.15, 0.2) is 42.5 Å². The molecule has 2 aromatic carbocycles. The van der Waals surface area contributed by atoms with Crippen LogP contribution in [0, 0.1) is 5.92 Å². The van der Waals surface area contributed by atoms with E-state index in [2.05, 4.69) is 17.4 Å². The molecule has 0 saturated carbocycles. The van der Waals surface area contributed by atoms with E-state index in [0.29, 0.717) is 0 Å². The topological polar surface area (TPSA) is 29.1 Å². The lowest BCUT2D eigenvalue weighted by atomic mass is 9.95. The predicted octanol–water partition coefficient (Wildman–Crippen LogP) is 2.63. The van der Waals surface area contributed by atoms with Crippen LogP contribution in [0.2, 0.25) is 0 Å². The van der Waals surface area contributed by atoms with Crippen LogP contribution in [-0.2, 0) is 0 Å². The second kappa shape index (κ2) is 4.30. The highest BCUT2D eigenvalue weighted by Crippen LogP contribution is 2.20. The minimum atomic E-state index is 0.163. The number of fused-ring (bicyclic) bond motifs is 1. The summed E-state index contributed by atoms with van der Waals surface area (Å²) in [6, 6.07) is 14.1. The number of carbonyl (C=O) groups is 1. The molecular weight excluding hydrogens is 210 g/mol. The van der Waals surface area contributed by atoms with Gasteiger partial charge in [-0.15, -0.1) is 0 Å². The quantitative estimate of drug-likeness (QED) is 0.796. The van der Waals surface area contributed by atoms with Crippen molar-refractivity contribution in [1.29, 1.82) is 0 Å². The fourth-order valence-electron chi connectivity index (χ4n) is 2.46. The summed E-state index contributed by atoms with van der Waals surface area (Å²) in [6.45, 7) is 1.79. The molecule has 1 heterocycles. The van der Waals surface area contributed by atoms with E-state index in [1.165, 1.54) is 5.39 Å². The molecule has 0 aliphatic carbocycles. The van der Waals surface area contributed by atoms with Crippen molar-refractivity contribution in [3.05, 3.63) is 48.0 Å². The summed E-state index contributed by atoms with van der Waals surface area (Å²) < 4.78 is 0. The predicted molar refractivity (Wildman–Crippen MR) is 69.3 cm³/mol. The molecule has 0 bridgehead atoms. The Morgan fingerprint density at radius 2 is 1.94 bits per heavy atom. The van der Waals surface area contributed by atoms with Crippen molar-refractivity contribution in [3.8, 4) is 0 Å². The van der Waals surface area contributed by atoms with Crippen LogP contribution < -0.4 is 5.32 Å².